The minimum absolute atomic E-state index is 0.0881. The average Bonchev–Trinajstić information content (AvgIpc) is 2.18. The van der Waals surface area contributed by atoms with Gasteiger partial charge in [0.15, 0.2) is 0 Å². The van der Waals surface area contributed by atoms with Gasteiger partial charge in [-0.25, -0.2) is 4.39 Å². The second kappa shape index (κ2) is 5.29. The van der Waals surface area contributed by atoms with Crippen LogP contribution in [0.15, 0.2) is 35.8 Å². The number of carbonyl (C=O) groups excluding carboxylic acids is 1. The molecule has 2 nitrogen and oxygen atoms in total. The van der Waals surface area contributed by atoms with Crippen molar-refractivity contribution < 1.29 is 9.18 Å². The number of nitrogens with zero attached hydrogens (tertiary/aromatic N) is 1. The third-order valence-corrected chi connectivity index (χ3v) is 1.86. The van der Waals surface area contributed by atoms with Gasteiger partial charge in [0.1, 0.15) is 5.83 Å². The summed E-state index contributed by atoms with van der Waals surface area (Å²) in [6.07, 6.45) is 0.0881. The normalized spacial score (nSPS) is 9.13. The van der Waals surface area contributed by atoms with Crippen LogP contribution in [0.5, 0.6) is 0 Å². The van der Waals surface area contributed by atoms with E-state index in [0.717, 1.165) is 0 Å². The first-order chi connectivity index (χ1) is 7.13. The van der Waals surface area contributed by atoms with E-state index < -0.39 is 11.7 Å². The van der Waals surface area contributed by atoms with Crippen LogP contribution < -0.4 is 0 Å². The van der Waals surface area contributed by atoms with Crippen molar-refractivity contribution in [1.82, 2.24) is 0 Å². The van der Waals surface area contributed by atoms with Crippen LogP contribution >= 0.6 is 12.2 Å². The molecule has 0 spiro atoms. The molecule has 0 saturated heterocycles. The maximum atomic E-state index is 12.8. The first-order valence-corrected chi connectivity index (χ1v) is 4.58. The van der Waals surface area contributed by atoms with Crippen molar-refractivity contribution in [2.24, 2.45) is 4.99 Å². The largest absolute Gasteiger partial charge is 0.271 e. The monoisotopic (exact) mass is 221 g/mol. The summed E-state index contributed by atoms with van der Waals surface area (Å²) < 4.78 is 12.8. The van der Waals surface area contributed by atoms with E-state index in [0.29, 0.717) is 11.1 Å². The predicted octanol–water partition coefficient (Wildman–Crippen LogP) is 2.80. The fourth-order valence-corrected chi connectivity index (χ4v) is 1.22. The number of hydrogen-bond acceptors (Lipinski definition) is 2. The van der Waals surface area contributed by atoms with Crippen molar-refractivity contribution in [3.05, 3.63) is 42.0 Å². The fraction of sp³-hybridized carbons (Fsp3) is 0.0909. The van der Waals surface area contributed by atoms with Crippen molar-refractivity contribution in [2.75, 3.05) is 0 Å². The molecule has 0 bridgehead atoms. The first-order valence-electron chi connectivity index (χ1n) is 4.18. The Labute approximate surface area is 92.1 Å². The molecular weight excluding hydrogens is 213 g/mol. The second-order valence-corrected chi connectivity index (χ2v) is 3.06. The zero-order valence-corrected chi connectivity index (χ0v) is 8.68. The van der Waals surface area contributed by atoms with Crippen molar-refractivity contribution in [1.29, 1.82) is 0 Å². The van der Waals surface area contributed by atoms with E-state index in [1.807, 2.05) is 5.16 Å². The summed E-state index contributed by atoms with van der Waals surface area (Å²) in [5.41, 5.74) is 1.04. The fourth-order valence-electron chi connectivity index (χ4n) is 1.12. The number of carbonyl (C=O) groups is 1. The zero-order valence-electron chi connectivity index (χ0n) is 7.87. The standard InChI is InChI=1S/C11H8FNOS/c1-8(12)10-4-2-3-9(5-10)6-11(14)13-7-15/h2-5H,1,6H2. The van der Waals surface area contributed by atoms with E-state index in [9.17, 15) is 9.18 Å². The molecular formula is C11H8FNOS. The van der Waals surface area contributed by atoms with Gasteiger partial charge in [0, 0.05) is 5.56 Å². The van der Waals surface area contributed by atoms with Crippen LogP contribution in [0.4, 0.5) is 4.39 Å². The van der Waals surface area contributed by atoms with Gasteiger partial charge in [0.2, 0.25) is 0 Å². The van der Waals surface area contributed by atoms with Crippen LogP contribution in [0.25, 0.3) is 5.83 Å². The molecule has 0 saturated carbocycles. The summed E-state index contributed by atoms with van der Waals surface area (Å²) in [5, 5.41) is 1.99. The number of thiocarbonyl (C=S) groups is 1. The molecule has 4 heteroatoms. The molecule has 0 aromatic heterocycles. The number of halogens is 1. The number of benzene rings is 1. The molecule has 0 aliphatic rings. The lowest BCUT2D eigenvalue weighted by molar-refractivity contribution is -0.117. The molecule has 0 N–H and O–H groups in total. The molecule has 0 fully saturated rings. The van der Waals surface area contributed by atoms with Crippen LogP contribution in [0, 0.1) is 0 Å². The third-order valence-electron chi connectivity index (χ3n) is 1.77. The Morgan fingerprint density at radius 2 is 2.33 bits per heavy atom. The lowest BCUT2D eigenvalue weighted by atomic mass is 10.1. The van der Waals surface area contributed by atoms with Gasteiger partial charge in [-0.1, -0.05) is 24.8 Å². The lowest BCUT2D eigenvalue weighted by Crippen LogP contribution is -1.98. The highest BCUT2D eigenvalue weighted by Crippen LogP contribution is 2.15. The van der Waals surface area contributed by atoms with Crippen molar-refractivity contribution >= 4 is 29.1 Å². The Morgan fingerprint density at radius 1 is 1.60 bits per heavy atom. The minimum Gasteiger partial charge on any atom is -0.271 e. The van der Waals surface area contributed by atoms with Crippen LogP contribution in [-0.2, 0) is 11.2 Å². The van der Waals surface area contributed by atoms with Gasteiger partial charge in [0.05, 0.1) is 11.6 Å². The second-order valence-electron chi connectivity index (χ2n) is 2.88. The molecule has 0 aliphatic heterocycles. The summed E-state index contributed by atoms with van der Waals surface area (Å²) in [7, 11) is 0. The Bertz CT molecular complexity index is 450. The Balaban J connectivity index is 2.87. The first kappa shape index (κ1) is 11.4. The number of rotatable bonds is 3. The van der Waals surface area contributed by atoms with Crippen LogP contribution in [0.2, 0.25) is 0 Å². The molecule has 0 unspecified atom stereocenters. The smallest absolute Gasteiger partial charge is 0.258 e. The highest BCUT2D eigenvalue weighted by atomic mass is 32.1. The van der Waals surface area contributed by atoms with Gasteiger partial charge in [-0.2, -0.15) is 4.99 Å². The number of isothiocyanates is 1. The van der Waals surface area contributed by atoms with Crippen LogP contribution in [0.1, 0.15) is 11.1 Å². The Morgan fingerprint density at radius 3 is 2.93 bits per heavy atom. The maximum Gasteiger partial charge on any atom is 0.258 e. The van der Waals surface area contributed by atoms with Crippen molar-refractivity contribution in [2.45, 2.75) is 6.42 Å². The molecule has 0 radical (unpaired) electrons. The number of hydrogen-bond donors (Lipinski definition) is 0. The maximum absolute atomic E-state index is 12.8. The van der Waals surface area contributed by atoms with Crippen molar-refractivity contribution in [3.8, 4) is 0 Å². The quantitative estimate of drug-likeness (QED) is 0.580. The van der Waals surface area contributed by atoms with E-state index in [-0.39, 0.29) is 6.42 Å². The van der Waals surface area contributed by atoms with Crippen molar-refractivity contribution in [3.63, 3.8) is 0 Å². The van der Waals surface area contributed by atoms with Gasteiger partial charge >= 0.3 is 0 Å². The average molecular weight is 221 g/mol. The van der Waals surface area contributed by atoms with E-state index >= 15 is 0 Å². The Hall–Kier alpha value is -1.64. The van der Waals surface area contributed by atoms with Gasteiger partial charge < -0.3 is 0 Å². The topological polar surface area (TPSA) is 29.4 Å². The van der Waals surface area contributed by atoms with Gasteiger partial charge in [-0.3, -0.25) is 4.79 Å². The molecule has 76 valence electrons. The molecule has 0 atom stereocenters. The van der Waals surface area contributed by atoms with Gasteiger partial charge in [-0.05, 0) is 23.8 Å². The predicted molar refractivity (Wildman–Crippen MR) is 60.3 cm³/mol. The summed E-state index contributed by atoms with van der Waals surface area (Å²) in [6.45, 7) is 3.18. The number of amides is 1. The third kappa shape index (κ3) is 3.54. The van der Waals surface area contributed by atoms with Gasteiger partial charge in [0.25, 0.3) is 5.91 Å². The molecule has 1 aromatic rings. The highest BCUT2D eigenvalue weighted by Gasteiger charge is 2.03. The lowest BCUT2D eigenvalue weighted by Gasteiger charge is -2.00. The van der Waals surface area contributed by atoms with E-state index in [4.69, 9.17) is 0 Å². The van der Waals surface area contributed by atoms with E-state index in [2.05, 4.69) is 23.8 Å². The molecule has 1 aromatic carbocycles. The Kier molecular flexibility index (Phi) is 4.03. The van der Waals surface area contributed by atoms with Crippen LogP contribution in [0.3, 0.4) is 0 Å². The molecule has 15 heavy (non-hydrogen) atoms. The molecule has 0 heterocycles. The highest BCUT2D eigenvalue weighted by molar-refractivity contribution is 7.78. The van der Waals surface area contributed by atoms with E-state index in [1.54, 1.807) is 24.3 Å². The molecule has 0 aliphatic carbocycles. The number of aliphatic imine (C=N–C) groups is 1. The van der Waals surface area contributed by atoms with Gasteiger partial charge in [-0.15, -0.1) is 0 Å². The molecule has 1 rings (SSSR count). The summed E-state index contributed by atoms with van der Waals surface area (Å²) in [4.78, 5) is 14.4. The minimum atomic E-state index is -0.525. The van der Waals surface area contributed by atoms with E-state index in [1.165, 1.54) is 0 Å². The SMILES string of the molecule is C=C(F)c1cccc(CC(=O)N=C=S)c1. The van der Waals surface area contributed by atoms with Crippen LogP contribution in [-0.4, -0.2) is 11.1 Å². The molecule has 1 amide bonds. The summed E-state index contributed by atoms with van der Waals surface area (Å²) >= 11 is 4.30. The summed E-state index contributed by atoms with van der Waals surface area (Å²) in [6, 6.07) is 6.50. The summed E-state index contributed by atoms with van der Waals surface area (Å²) in [5.74, 6) is -0.922. The zero-order chi connectivity index (χ0) is 11.3.